The number of carboxylic acids is 2. The Hall–Kier alpha value is -1.44. The van der Waals surface area contributed by atoms with Crippen molar-refractivity contribution in [3.05, 3.63) is 0 Å². The predicted molar refractivity (Wildman–Crippen MR) is 103 cm³/mol. The van der Waals surface area contributed by atoms with E-state index < -0.39 is 11.9 Å². The van der Waals surface area contributed by atoms with Crippen molar-refractivity contribution in [2.75, 3.05) is 5.75 Å². The third-order valence-corrected chi connectivity index (χ3v) is 6.07. The van der Waals surface area contributed by atoms with Gasteiger partial charge in [0.15, 0.2) is 0 Å². The number of aliphatic carboxylic acids is 2. The lowest BCUT2D eigenvalue weighted by atomic mass is 10.0. The highest BCUT2D eigenvalue weighted by molar-refractivity contribution is 8.00. The summed E-state index contributed by atoms with van der Waals surface area (Å²) < 4.78 is 0. The second-order valence-electron chi connectivity index (χ2n) is 6.82. The van der Waals surface area contributed by atoms with Crippen LogP contribution in [-0.2, 0) is 9.59 Å². The number of carbonyl (C=O) groups excluding carboxylic acids is 1. The van der Waals surface area contributed by atoms with Crippen molar-refractivity contribution in [1.29, 1.82) is 0 Å². The number of unbranched alkanes of at least 4 members (excludes halogenated alkanes) is 5. The van der Waals surface area contributed by atoms with Crippen LogP contribution in [0.3, 0.4) is 0 Å². The number of nitrogens with one attached hydrogen (secondary N) is 2. The van der Waals surface area contributed by atoms with Crippen LogP contribution < -0.4 is 10.6 Å². The Morgan fingerprint density at radius 1 is 1.00 bits per heavy atom. The molecular weight excluding hydrogens is 356 g/mol. The number of urea groups is 1. The minimum atomic E-state index is -0.729. The van der Waals surface area contributed by atoms with Crippen molar-refractivity contribution >= 4 is 29.7 Å². The first-order chi connectivity index (χ1) is 12.4. The molecule has 2 heterocycles. The lowest BCUT2D eigenvalue weighted by Gasteiger charge is -2.16. The number of carbonyl (C=O) groups is 3. The van der Waals surface area contributed by atoms with Crippen LogP contribution in [0, 0.1) is 0 Å². The fourth-order valence-electron chi connectivity index (χ4n) is 3.14. The molecule has 2 fully saturated rings. The summed E-state index contributed by atoms with van der Waals surface area (Å²) in [4.78, 5) is 31.5. The number of hydrogen-bond donors (Lipinski definition) is 4. The Kier molecular flexibility index (Phi) is 11.2. The van der Waals surface area contributed by atoms with Gasteiger partial charge < -0.3 is 20.8 Å². The summed E-state index contributed by atoms with van der Waals surface area (Å²) >= 11 is 1.87. The number of hydrogen-bond acceptors (Lipinski definition) is 4. The van der Waals surface area contributed by atoms with Gasteiger partial charge in [-0.05, 0) is 19.3 Å². The summed E-state index contributed by atoms with van der Waals surface area (Å²) in [5, 5.41) is 23.0. The van der Waals surface area contributed by atoms with Crippen LogP contribution >= 0.6 is 11.8 Å². The fraction of sp³-hybridized carbons (Fsp3) is 0.833. The Bertz CT molecular complexity index is 461. The summed E-state index contributed by atoms with van der Waals surface area (Å²) in [6.07, 6.45) is 8.76. The number of fused-ring (bicyclic) bond motifs is 1. The molecule has 0 aromatic carbocycles. The summed E-state index contributed by atoms with van der Waals surface area (Å²) in [5.41, 5.74) is 0. The van der Waals surface area contributed by atoms with Crippen LogP contribution in [-0.4, -0.2) is 51.3 Å². The number of rotatable bonds is 11. The van der Waals surface area contributed by atoms with Crippen molar-refractivity contribution in [2.24, 2.45) is 0 Å². The van der Waals surface area contributed by atoms with E-state index in [0.717, 1.165) is 37.9 Å². The molecule has 0 aromatic rings. The SMILES string of the molecule is CCCCCCCC(=O)O.O=C(O)CCCC[C@@H]1SC[C@@H]2NC(=O)N[C@@H]21. The van der Waals surface area contributed by atoms with Crippen molar-refractivity contribution < 1.29 is 24.6 Å². The van der Waals surface area contributed by atoms with Gasteiger partial charge in [0, 0.05) is 23.8 Å². The lowest BCUT2D eigenvalue weighted by molar-refractivity contribution is -0.138. The molecule has 0 radical (unpaired) electrons. The van der Waals surface area contributed by atoms with Gasteiger partial charge in [-0.3, -0.25) is 9.59 Å². The molecule has 2 saturated heterocycles. The molecule has 2 aliphatic heterocycles. The van der Waals surface area contributed by atoms with Gasteiger partial charge in [0.25, 0.3) is 0 Å². The molecule has 26 heavy (non-hydrogen) atoms. The second-order valence-corrected chi connectivity index (χ2v) is 8.09. The quantitative estimate of drug-likeness (QED) is 0.319. The van der Waals surface area contributed by atoms with E-state index in [2.05, 4.69) is 17.6 Å². The monoisotopic (exact) mass is 388 g/mol. The molecule has 0 spiro atoms. The minimum Gasteiger partial charge on any atom is -0.481 e. The van der Waals surface area contributed by atoms with Crippen molar-refractivity contribution in [2.45, 2.75) is 88.5 Å². The highest BCUT2D eigenvalue weighted by Gasteiger charge is 2.42. The van der Waals surface area contributed by atoms with E-state index in [0.29, 0.717) is 11.7 Å². The molecule has 2 aliphatic rings. The van der Waals surface area contributed by atoms with E-state index in [-0.39, 0.29) is 24.5 Å². The molecule has 0 unspecified atom stereocenters. The van der Waals surface area contributed by atoms with Gasteiger partial charge in [0.1, 0.15) is 0 Å². The molecule has 7 nitrogen and oxygen atoms in total. The average molecular weight is 389 g/mol. The maximum atomic E-state index is 11.1. The van der Waals surface area contributed by atoms with Crippen LogP contribution in [0.15, 0.2) is 0 Å². The first-order valence-corrected chi connectivity index (χ1v) is 10.6. The second kappa shape index (κ2) is 12.8. The minimum absolute atomic E-state index is 0.0640. The molecule has 4 N–H and O–H groups in total. The van der Waals surface area contributed by atoms with Crippen molar-refractivity contribution in [1.82, 2.24) is 10.6 Å². The molecule has 2 amide bonds. The lowest BCUT2D eigenvalue weighted by Crippen LogP contribution is -2.36. The normalized spacial score (nSPS) is 23.4. The largest absolute Gasteiger partial charge is 0.481 e. The standard InChI is InChI=1S/C10H16N2O3S.C8H16O2/c13-8(14)4-2-1-3-7-9-6(5-16-7)11-10(15)12-9;1-2-3-4-5-6-7-8(9)10/h6-7,9H,1-5H2,(H,13,14)(H2,11,12,15);2-7H2,1H3,(H,9,10)/t6-,7-,9-;/m0./s1. The smallest absolute Gasteiger partial charge is 0.315 e. The van der Waals surface area contributed by atoms with Crippen LogP contribution in [0.2, 0.25) is 0 Å². The molecule has 0 saturated carbocycles. The molecular formula is C18H32N2O5S. The van der Waals surface area contributed by atoms with Gasteiger partial charge >= 0.3 is 18.0 Å². The van der Waals surface area contributed by atoms with E-state index >= 15 is 0 Å². The Labute approximate surface area is 159 Å². The van der Waals surface area contributed by atoms with Crippen LogP contribution in [0.25, 0.3) is 0 Å². The highest BCUT2D eigenvalue weighted by Crippen LogP contribution is 2.33. The molecule has 0 aliphatic carbocycles. The zero-order chi connectivity index (χ0) is 19.4. The van der Waals surface area contributed by atoms with E-state index in [9.17, 15) is 14.4 Å². The van der Waals surface area contributed by atoms with Crippen molar-refractivity contribution in [3.8, 4) is 0 Å². The maximum absolute atomic E-state index is 11.1. The number of amides is 2. The third-order valence-electron chi connectivity index (χ3n) is 4.56. The van der Waals surface area contributed by atoms with Gasteiger partial charge in [0.05, 0.1) is 12.1 Å². The highest BCUT2D eigenvalue weighted by atomic mass is 32.2. The van der Waals surface area contributed by atoms with E-state index in [1.165, 1.54) is 19.3 Å². The molecule has 3 atom stereocenters. The van der Waals surface area contributed by atoms with E-state index in [1.54, 1.807) is 0 Å². The van der Waals surface area contributed by atoms with Gasteiger partial charge in [-0.25, -0.2) is 4.79 Å². The van der Waals surface area contributed by atoms with Gasteiger partial charge in [0.2, 0.25) is 0 Å². The third kappa shape index (κ3) is 9.31. The molecule has 0 aromatic heterocycles. The van der Waals surface area contributed by atoms with Crippen LogP contribution in [0.1, 0.15) is 71.1 Å². The first-order valence-electron chi connectivity index (χ1n) is 9.56. The summed E-state index contributed by atoms with van der Waals surface area (Å²) in [6, 6.07) is 0.440. The number of thioether (sulfide) groups is 1. The summed E-state index contributed by atoms with van der Waals surface area (Å²) in [5.74, 6) is -0.434. The Morgan fingerprint density at radius 3 is 2.23 bits per heavy atom. The van der Waals surface area contributed by atoms with E-state index in [1.807, 2.05) is 11.8 Å². The van der Waals surface area contributed by atoms with Gasteiger partial charge in [-0.15, -0.1) is 0 Å². The fourth-order valence-corrected chi connectivity index (χ4v) is 4.69. The van der Waals surface area contributed by atoms with Gasteiger partial charge in [-0.1, -0.05) is 39.0 Å². The predicted octanol–water partition coefficient (Wildman–Crippen LogP) is 3.23. The van der Waals surface area contributed by atoms with Gasteiger partial charge in [-0.2, -0.15) is 11.8 Å². The molecule has 2 rings (SSSR count). The Balaban J connectivity index is 0.000000294. The zero-order valence-electron chi connectivity index (χ0n) is 15.5. The molecule has 150 valence electrons. The maximum Gasteiger partial charge on any atom is 0.315 e. The first kappa shape index (κ1) is 22.6. The summed E-state index contributed by atoms with van der Waals surface area (Å²) in [6.45, 7) is 2.15. The number of carboxylic acid groups (broad SMARTS) is 2. The Morgan fingerprint density at radius 2 is 1.62 bits per heavy atom. The average Bonchev–Trinajstić information content (AvgIpc) is 3.11. The van der Waals surface area contributed by atoms with Crippen LogP contribution in [0.4, 0.5) is 4.79 Å². The zero-order valence-corrected chi connectivity index (χ0v) is 16.4. The summed E-state index contributed by atoms with van der Waals surface area (Å²) in [7, 11) is 0. The van der Waals surface area contributed by atoms with E-state index in [4.69, 9.17) is 10.2 Å². The van der Waals surface area contributed by atoms with Crippen LogP contribution in [0.5, 0.6) is 0 Å². The topological polar surface area (TPSA) is 116 Å². The molecule has 0 bridgehead atoms. The molecule has 8 heteroatoms. The van der Waals surface area contributed by atoms with Crippen molar-refractivity contribution in [3.63, 3.8) is 0 Å².